The van der Waals surface area contributed by atoms with Crippen LogP contribution in [0.5, 0.6) is 11.5 Å². The molecule has 2 aromatic carbocycles. The number of rotatable bonds is 8. The highest BCUT2D eigenvalue weighted by Gasteiger charge is 2.17. The summed E-state index contributed by atoms with van der Waals surface area (Å²) in [6, 6.07) is 13.5. The van der Waals surface area contributed by atoms with Crippen LogP contribution in [0.15, 0.2) is 42.5 Å². The number of amides is 1. The van der Waals surface area contributed by atoms with E-state index in [-0.39, 0.29) is 12.0 Å². The van der Waals surface area contributed by atoms with Crippen LogP contribution in [-0.4, -0.2) is 32.3 Å². The zero-order valence-electron chi connectivity index (χ0n) is 16.9. The average molecular weight is 383 g/mol. The predicted octanol–water partition coefficient (Wildman–Crippen LogP) is 4.31. The largest absolute Gasteiger partial charge is 0.496 e. The van der Waals surface area contributed by atoms with Gasteiger partial charge in [-0.15, -0.1) is 0 Å². The van der Waals surface area contributed by atoms with E-state index < -0.39 is 0 Å². The number of carbonyl (C=O) groups excluding carboxylic acids is 1. The summed E-state index contributed by atoms with van der Waals surface area (Å²) in [6.07, 6.45) is 2.18. The summed E-state index contributed by atoms with van der Waals surface area (Å²) < 4.78 is 17.1. The zero-order chi connectivity index (χ0) is 19.9. The van der Waals surface area contributed by atoms with Crippen molar-refractivity contribution in [1.29, 1.82) is 0 Å². The van der Waals surface area contributed by atoms with Crippen LogP contribution in [0.4, 0.5) is 0 Å². The third kappa shape index (κ3) is 5.04. The van der Waals surface area contributed by atoms with E-state index in [4.69, 9.17) is 14.2 Å². The minimum Gasteiger partial charge on any atom is -0.496 e. The normalized spacial score (nSPS) is 16.2. The lowest BCUT2D eigenvalue weighted by Crippen LogP contribution is -2.31. The SMILES string of the molecule is COc1ccc(C(=O)NC[C@H]2CCCO2)cc1COc1ccccc1C(C)C. The van der Waals surface area contributed by atoms with Crippen molar-refractivity contribution in [3.63, 3.8) is 0 Å². The van der Waals surface area contributed by atoms with E-state index >= 15 is 0 Å². The first-order valence-electron chi connectivity index (χ1n) is 9.87. The molecule has 1 heterocycles. The van der Waals surface area contributed by atoms with Gasteiger partial charge in [0, 0.05) is 24.3 Å². The Morgan fingerprint density at radius 3 is 2.75 bits per heavy atom. The van der Waals surface area contributed by atoms with Crippen molar-refractivity contribution < 1.29 is 19.0 Å². The Hall–Kier alpha value is -2.53. The topological polar surface area (TPSA) is 56.8 Å². The standard InChI is InChI=1S/C23H29NO4/c1-16(2)20-8-4-5-9-22(20)28-15-18-13-17(10-11-21(18)26-3)23(25)24-14-19-7-6-12-27-19/h4-5,8-11,13,16,19H,6-7,12,14-15H2,1-3H3,(H,24,25)/t19-/m1/s1. The van der Waals surface area contributed by atoms with E-state index in [1.54, 1.807) is 13.2 Å². The van der Waals surface area contributed by atoms with E-state index in [2.05, 4.69) is 25.2 Å². The number of ether oxygens (including phenoxy) is 3. The van der Waals surface area contributed by atoms with Gasteiger partial charge >= 0.3 is 0 Å². The summed E-state index contributed by atoms with van der Waals surface area (Å²) in [6.45, 7) is 5.93. The Kier molecular flexibility index (Phi) is 6.93. The lowest BCUT2D eigenvalue weighted by atomic mass is 10.0. The molecule has 1 aliphatic rings. The van der Waals surface area contributed by atoms with Gasteiger partial charge in [0.05, 0.1) is 13.2 Å². The first-order valence-corrected chi connectivity index (χ1v) is 9.87. The van der Waals surface area contributed by atoms with Gasteiger partial charge in [-0.25, -0.2) is 0 Å². The maximum Gasteiger partial charge on any atom is 0.251 e. The average Bonchev–Trinajstić information content (AvgIpc) is 3.24. The second-order valence-corrected chi connectivity index (χ2v) is 7.35. The highest BCUT2D eigenvalue weighted by molar-refractivity contribution is 5.94. The third-order valence-electron chi connectivity index (χ3n) is 4.98. The monoisotopic (exact) mass is 383 g/mol. The molecule has 0 spiro atoms. The van der Waals surface area contributed by atoms with E-state index in [0.717, 1.165) is 36.3 Å². The molecule has 1 N–H and O–H groups in total. The van der Waals surface area contributed by atoms with Crippen molar-refractivity contribution in [3.8, 4) is 11.5 Å². The van der Waals surface area contributed by atoms with Gasteiger partial charge in [-0.05, 0) is 48.6 Å². The van der Waals surface area contributed by atoms with Crippen LogP contribution in [-0.2, 0) is 11.3 Å². The maximum absolute atomic E-state index is 12.5. The lowest BCUT2D eigenvalue weighted by molar-refractivity contribution is 0.0857. The molecule has 1 atom stereocenters. The van der Waals surface area contributed by atoms with Crippen LogP contribution in [0.1, 0.15) is 54.1 Å². The molecule has 1 amide bonds. The maximum atomic E-state index is 12.5. The fraction of sp³-hybridized carbons (Fsp3) is 0.435. The first kappa shape index (κ1) is 20.2. The first-order chi connectivity index (χ1) is 13.6. The second kappa shape index (κ2) is 9.60. The molecular formula is C23H29NO4. The van der Waals surface area contributed by atoms with Crippen LogP contribution < -0.4 is 14.8 Å². The van der Waals surface area contributed by atoms with Gasteiger partial charge in [-0.2, -0.15) is 0 Å². The quantitative estimate of drug-likeness (QED) is 0.738. The molecule has 150 valence electrons. The zero-order valence-corrected chi connectivity index (χ0v) is 16.9. The number of hydrogen-bond donors (Lipinski definition) is 1. The summed E-state index contributed by atoms with van der Waals surface area (Å²) in [7, 11) is 1.62. The number of para-hydroxylation sites is 1. The molecule has 0 bridgehead atoms. The number of carbonyl (C=O) groups is 1. The Morgan fingerprint density at radius 1 is 1.21 bits per heavy atom. The van der Waals surface area contributed by atoms with Gasteiger partial charge in [-0.3, -0.25) is 4.79 Å². The van der Waals surface area contributed by atoms with E-state index in [0.29, 0.717) is 30.4 Å². The van der Waals surface area contributed by atoms with Crippen molar-refractivity contribution in [1.82, 2.24) is 5.32 Å². The van der Waals surface area contributed by atoms with E-state index in [1.807, 2.05) is 30.3 Å². The van der Waals surface area contributed by atoms with Crippen LogP contribution in [0.3, 0.4) is 0 Å². The van der Waals surface area contributed by atoms with Crippen molar-refractivity contribution in [2.75, 3.05) is 20.3 Å². The number of methoxy groups -OCH3 is 1. The van der Waals surface area contributed by atoms with Crippen molar-refractivity contribution in [2.45, 2.75) is 45.3 Å². The number of benzene rings is 2. The molecule has 1 aliphatic heterocycles. The molecule has 28 heavy (non-hydrogen) atoms. The predicted molar refractivity (Wildman–Crippen MR) is 109 cm³/mol. The minimum absolute atomic E-state index is 0.109. The molecule has 1 saturated heterocycles. The van der Waals surface area contributed by atoms with Crippen LogP contribution in [0.2, 0.25) is 0 Å². The molecule has 0 unspecified atom stereocenters. The van der Waals surface area contributed by atoms with Gasteiger partial charge in [0.25, 0.3) is 5.91 Å². The molecule has 5 nitrogen and oxygen atoms in total. The van der Waals surface area contributed by atoms with Gasteiger partial charge in [0.2, 0.25) is 0 Å². The Bertz CT molecular complexity index is 797. The molecule has 2 aromatic rings. The molecule has 0 saturated carbocycles. The summed E-state index contributed by atoms with van der Waals surface area (Å²) in [5.74, 6) is 1.82. The fourth-order valence-corrected chi connectivity index (χ4v) is 3.39. The summed E-state index contributed by atoms with van der Waals surface area (Å²) in [5, 5.41) is 2.96. The highest BCUT2D eigenvalue weighted by atomic mass is 16.5. The van der Waals surface area contributed by atoms with Crippen LogP contribution in [0.25, 0.3) is 0 Å². The van der Waals surface area contributed by atoms with Gasteiger partial charge in [0.15, 0.2) is 0 Å². The Labute approximate surface area is 167 Å². The Balaban J connectivity index is 1.69. The summed E-state index contributed by atoms with van der Waals surface area (Å²) >= 11 is 0. The molecule has 0 aromatic heterocycles. The van der Waals surface area contributed by atoms with Gasteiger partial charge in [-0.1, -0.05) is 32.0 Å². The van der Waals surface area contributed by atoms with E-state index in [1.165, 1.54) is 0 Å². The molecule has 0 radical (unpaired) electrons. The van der Waals surface area contributed by atoms with Crippen molar-refractivity contribution in [3.05, 3.63) is 59.2 Å². The second-order valence-electron chi connectivity index (χ2n) is 7.35. The molecule has 3 rings (SSSR count). The number of nitrogens with one attached hydrogen (secondary N) is 1. The molecule has 5 heteroatoms. The third-order valence-corrected chi connectivity index (χ3v) is 4.98. The van der Waals surface area contributed by atoms with Gasteiger partial charge < -0.3 is 19.5 Å². The number of hydrogen-bond acceptors (Lipinski definition) is 4. The molecule has 1 fully saturated rings. The minimum atomic E-state index is -0.109. The highest BCUT2D eigenvalue weighted by Crippen LogP contribution is 2.28. The van der Waals surface area contributed by atoms with Crippen molar-refractivity contribution in [2.24, 2.45) is 0 Å². The summed E-state index contributed by atoms with van der Waals surface area (Å²) in [4.78, 5) is 12.5. The molecule has 0 aliphatic carbocycles. The Morgan fingerprint density at radius 2 is 2.04 bits per heavy atom. The smallest absolute Gasteiger partial charge is 0.251 e. The van der Waals surface area contributed by atoms with Gasteiger partial charge in [0.1, 0.15) is 18.1 Å². The van der Waals surface area contributed by atoms with E-state index in [9.17, 15) is 4.79 Å². The van der Waals surface area contributed by atoms with Crippen LogP contribution >= 0.6 is 0 Å². The summed E-state index contributed by atoms with van der Waals surface area (Å²) in [5.41, 5.74) is 2.59. The molecular weight excluding hydrogens is 354 g/mol. The van der Waals surface area contributed by atoms with Crippen molar-refractivity contribution >= 4 is 5.91 Å². The lowest BCUT2D eigenvalue weighted by Gasteiger charge is -2.16. The van der Waals surface area contributed by atoms with Crippen LogP contribution in [0, 0.1) is 0 Å². The fourth-order valence-electron chi connectivity index (χ4n) is 3.39.